The van der Waals surface area contributed by atoms with Gasteiger partial charge in [-0.2, -0.15) is 0 Å². The zero-order chi connectivity index (χ0) is 21.4. The highest BCUT2D eigenvalue weighted by atomic mass is 32.2. The van der Waals surface area contributed by atoms with E-state index in [1.165, 1.54) is 31.2 Å². The van der Waals surface area contributed by atoms with E-state index in [0.29, 0.717) is 17.5 Å². The van der Waals surface area contributed by atoms with Crippen LogP contribution < -0.4 is 14.8 Å². The molecule has 2 N–H and O–H groups in total. The second-order valence-corrected chi connectivity index (χ2v) is 9.75. The Balaban J connectivity index is 1.45. The molecule has 0 bridgehead atoms. The molecule has 0 spiro atoms. The summed E-state index contributed by atoms with van der Waals surface area (Å²) in [5.41, 5.74) is 1.80. The van der Waals surface area contributed by atoms with Gasteiger partial charge in [-0.3, -0.25) is 9.62 Å². The normalized spacial score (nSPS) is 15.8. The molecule has 0 amide bonds. The Morgan fingerprint density at radius 3 is 2.17 bits per heavy atom. The van der Waals surface area contributed by atoms with E-state index in [1.807, 2.05) is 12.1 Å². The Morgan fingerprint density at radius 2 is 1.60 bits per heavy atom. The van der Waals surface area contributed by atoms with Gasteiger partial charge in [0.25, 0.3) is 0 Å². The molecule has 0 aromatic heterocycles. The van der Waals surface area contributed by atoms with Crippen molar-refractivity contribution in [1.82, 2.24) is 10.2 Å². The number of hydrogen-bond acceptors (Lipinski definition) is 5. The van der Waals surface area contributed by atoms with E-state index in [0.717, 1.165) is 38.2 Å². The maximum Gasteiger partial charge on any atom is 0.229 e. The summed E-state index contributed by atoms with van der Waals surface area (Å²) in [7, 11) is -3.27. The number of nitrogens with one attached hydrogen (secondary N) is 2. The summed E-state index contributed by atoms with van der Waals surface area (Å²) in [6.45, 7) is 6.61. The smallest absolute Gasteiger partial charge is 0.229 e. The van der Waals surface area contributed by atoms with E-state index >= 15 is 0 Å². The third-order valence-corrected chi connectivity index (χ3v) is 5.88. The number of rotatable bonds is 10. The Hall–Kier alpha value is -2.09. The fourth-order valence-electron chi connectivity index (χ4n) is 3.64. The highest BCUT2D eigenvalue weighted by Crippen LogP contribution is 2.24. The van der Waals surface area contributed by atoms with Gasteiger partial charge >= 0.3 is 0 Å². The first-order valence-corrected chi connectivity index (χ1v) is 12.6. The molecule has 30 heavy (non-hydrogen) atoms. The highest BCUT2D eigenvalue weighted by Gasteiger charge is 2.18. The van der Waals surface area contributed by atoms with Gasteiger partial charge in [-0.05, 0) is 80.9 Å². The van der Waals surface area contributed by atoms with Crippen LogP contribution in [0, 0.1) is 0 Å². The minimum Gasteiger partial charge on any atom is -0.457 e. The van der Waals surface area contributed by atoms with Crippen LogP contribution in [-0.4, -0.2) is 45.2 Å². The van der Waals surface area contributed by atoms with Gasteiger partial charge in [0.05, 0.1) is 6.26 Å². The van der Waals surface area contributed by atoms with Crippen LogP contribution in [0.15, 0.2) is 48.5 Å². The Labute approximate surface area is 180 Å². The maximum absolute atomic E-state index is 11.3. The molecule has 0 aliphatic carbocycles. The average Bonchev–Trinajstić information content (AvgIpc) is 2.71. The number of benzene rings is 2. The SMILES string of the molecule is CCCCNC1CCN(Cc2ccc(Oc3ccc(NS(C)(=O)=O)cc3)cc2)CC1. The molecule has 1 saturated heterocycles. The van der Waals surface area contributed by atoms with Crippen molar-refractivity contribution in [3.63, 3.8) is 0 Å². The van der Waals surface area contributed by atoms with Gasteiger partial charge in [0.2, 0.25) is 10.0 Å². The molecule has 0 radical (unpaired) electrons. The summed E-state index contributed by atoms with van der Waals surface area (Å²) < 4.78 is 30.9. The molecule has 0 saturated carbocycles. The van der Waals surface area contributed by atoms with Gasteiger partial charge in [0.15, 0.2) is 0 Å². The Kier molecular flexibility index (Phi) is 8.13. The number of likely N-dealkylation sites (tertiary alicyclic amines) is 1. The van der Waals surface area contributed by atoms with Gasteiger partial charge < -0.3 is 10.1 Å². The van der Waals surface area contributed by atoms with Crippen molar-refractivity contribution in [3.8, 4) is 11.5 Å². The third kappa shape index (κ3) is 7.63. The second kappa shape index (κ2) is 10.8. The summed E-state index contributed by atoms with van der Waals surface area (Å²) in [6, 6.07) is 15.7. The Morgan fingerprint density at radius 1 is 1.00 bits per heavy atom. The molecule has 1 heterocycles. The quantitative estimate of drug-likeness (QED) is 0.552. The van der Waals surface area contributed by atoms with Crippen LogP contribution in [-0.2, 0) is 16.6 Å². The van der Waals surface area contributed by atoms with Crippen LogP contribution >= 0.6 is 0 Å². The predicted molar refractivity (Wildman–Crippen MR) is 123 cm³/mol. The lowest BCUT2D eigenvalue weighted by molar-refractivity contribution is 0.190. The maximum atomic E-state index is 11.3. The summed E-state index contributed by atoms with van der Waals surface area (Å²) >= 11 is 0. The minimum atomic E-state index is -3.27. The number of sulfonamides is 1. The zero-order valence-corrected chi connectivity index (χ0v) is 18.7. The van der Waals surface area contributed by atoms with Gasteiger partial charge in [-0.1, -0.05) is 25.5 Å². The van der Waals surface area contributed by atoms with Crippen molar-refractivity contribution < 1.29 is 13.2 Å². The number of unbranched alkanes of at least 4 members (excludes halogenated alkanes) is 1. The van der Waals surface area contributed by atoms with E-state index in [-0.39, 0.29) is 0 Å². The Bertz CT molecular complexity index is 875. The van der Waals surface area contributed by atoms with Crippen molar-refractivity contribution in [1.29, 1.82) is 0 Å². The summed E-state index contributed by atoms with van der Waals surface area (Å²) in [5, 5.41) is 3.68. The first-order valence-electron chi connectivity index (χ1n) is 10.7. The second-order valence-electron chi connectivity index (χ2n) is 8.00. The number of hydrogen-bond donors (Lipinski definition) is 2. The molecule has 2 aromatic carbocycles. The zero-order valence-electron chi connectivity index (χ0n) is 17.9. The first kappa shape index (κ1) is 22.6. The van der Waals surface area contributed by atoms with Crippen LogP contribution in [0.3, 0.4) is 0 Å². The van der Waals surface area contributed by atoms with Crippen molar-refractivity contribution in [3.05, 3.63) is 54.1 Å². The molecule has 7 heteroatoms. The van der Waals surface area contributed by atoms with E-state index in [9.17, 15) is 8.42 Å². The van der Waals surface area contributed by atoms with Crippen LogP contribution in [0.1, 0.15) is 38.2 Å². The molecule has 0 unspecified atom stereocenters. The molecular formula is C23H33N3O3S. The van der Waals surface area contributed by atoms with E-state index in [4.69, 9.17) is 4.74 Å². The standard InChI is InChI=1S/C23H33N3O3S/c1-3-4-15-24-20-13-16-26(17-14-20)18-19-5-9-22(10-6-19)29-23-11-7-21(8-12-23)25-30(2,27)28/h5-12,20,24-25H,3-4,13-18H2,1-2H3. The van der Waals surface area contributed by atoms with Crippen LogP contribution in [0.25, 0.3) is 0 Å². The molecule has 0 atom stereocenters. The average molecular weight is 432 g/mol. The molecule has 2 aromatic rings. The van der Waals surface area contributed by atoms with Crippen molar-refractivity contribution in [2.24, 2.45) is 0 Å². The van der Waals surface area contributed by atoms with Crippen LogP contribution in [0.5, 0.6) is 11.5 Å². The number of piperidine rings is 1. The largest absolute Gasteiger partial charge is 0.457 e. The van der Waals surface area contributed by atoms with Gasteiger partial charge in [0, 0.05) is 18.3 Å². The lowest BCUT2D eigenvalue weighted by Crippen LogP contribution is -2.42. The number of ether oxygens (including phenoxy) is 1. The predicted octanol–water partition coefficient (Wildman–Crippen LogP) is 4.20. The molecular weight excluding hydrogens is 398 g/mol. The number of anilines is 1. The summed E-state index contributed by atoms with van der Waals surface area (Å²) in [4.78, 5) is 2.52. The van der Waals surface area contributed by atoms with Crippen molar-refractivity contribution in [2.75, 3.05) is 30.6 Å². The van der Waals surface area contributed by atoms with E-state index in [2.05, 4.69) is 34.0 Å². The summed E-state index contributed by atoms with van der Waals surface area (Å²) in [6.07, 6.45) is 6.07. The molecule has 1 aliphatic heterocycles. The molecule has 6 nitrogen and oxygen atoms in total. The van der Waals surface area contributed by atoms with Crippen LogP contribution in [0.4, 0.5) is 5.69 Å². The van der Waals surface area contributed by atoms with Gasteiger partial charge in [0.1, 0.15) is 11.5 Å². The van der Waals surface area contributed by atoms with Crippen LogP contribution in [0.2, 0.25) is 0 Å². The first-order chi connectivity index (χ1) is 14.4. The van der Waals surface area contributed by atoms with E-state index < -0.39 is 10.0 Å². The molecule has 1 aliphatic rings. The lowest BCUT2D eigenvalue weighted by Gasteiger charge is -2.32. The minimum absolute atomic E-state index is 0.518. The molecule has 1 fully saturated rings. The van der Waals surface area contributed by atoms with Crippen molar-refractivity contribution >= 4 is 15.7 Å². The van der Waals surface area contributed by atoms with Gasteiger partial charge in [-0.15, -0.1) is 0 Å². The highest BCUT2D eigenvalue weighted by molar-refractivity contribution is 7.92. The van der Waals surface area contributed by atoms with Crippen molar-refractivity contribution in [2.45, 2.75) is 45.2 Å². The third-order valence-electron chi connectivity index (χ3n) is 5.27. The topological polar surface area (TPSA) is 70.7 Å². The van der Waals surface area contributed by atoms with E-state index in [1.54, 1.807) is 24.3 Å². The van der Waals surface area contributed by atoms with Gasteiger partial charge in [-0.25, -0.2) is 8.42 Å². The fraction of sp³-hybridized carbons (Fsp3) is 0.478. The lowest BCUT2D eigenvalue weighted by atomic mass is 10.0. The molecule has 3 rings (SSSR count). The fourth-order valence-corrected chi connectivity index (χ4v) is 4.20. The monoisotopic (exact) mass is 431 g/mol. The summed E-state index contributed by atoms with van der Waals surface area (Å²) in [5.74, 6) is 1.43. The molecule has 164 valence electrons. The number of nitrogens with zero attached hydrogens (tertiary/aromatic N) is 1.